The predicted molar refractivity (Wildman–Crippen MR) is 68.2 cm³/mol. The molecule has 0 spiro atoms. The highest BCUT2D eigenvalue weighted by molar-refractivity contribution is 7.80. The van der Waals surface area contributed by atoms with E-state index in [1.807, 2.05) is 13.8 Å². The molecule has 90 valence electrons. The molecule has 1 aromatic heterocycles. The zero-order valence-electron chi connectivity index (χ0n) is 9.46. The molecule has 0 aliphatic heterocycles. The van der Waals surface area contributed by atoms with Gasteiger partial charge in [-0.15, -0.1) is 0 Å². The van der Waals surface area contributed by atoms with Crippen LogP contribution in [0, 0.1) is 13.8 Å². The van der Waals surface area contributed by atoms with Crippen LogP contribution >= 0.6 is 24.2 Å². The lowest BCUT2D eigenvalue weighted by atomic mass is 10.3. The van der Waals surface area contributed by atoms with Crippen molar-refractivity contribution >= 4 is 30.1 Å². The van der Waals surface area contributed by atoms with Crippen molar-refractivity contribution in [1.82, 2.24) is 15.1 Å². The minimum Gasteiger partial charge on any atom is -0.355 e. The van der Waals surface area contributed by atoms with E-state index >= 15 is 0 Å². The molecule has 0 aliphatic rings. The first-order valence-electron chi connectivity index (χ1n) is 5.13. The van der Waals surface area contributed by atoms with Gasteiger partial charge in [0, 0.05) is 18.7 Å². The van der Waals surface area contributed by atoms with E-state index in [0.717, 1.165) is 11.4 Å². The number of thiol groups is 1. The Balaban J connectivity index is 2.48. The second kappa shape index (κ2) is 6.15. The van der Waals surface area contributed by atoms with Gasteiger partial charge in [-0.25, -0.2) is 0 Å². The first kappa shape index (κ1) is 13.4. The first-order chi connectivity index (χ1) is 7.56. The van der Waals surface area contributed by atoms with Gasteiger partial charge in [-0.1, -0.05) is 11.6 Å². The number of nitrogens with zero attached hydrogens (tertiary/aromatic N) is 2. The SMILES string of the molecule is Cc1nn(CCC(=O)NCCS)c(C)c1Cl. The van der Waals surface area contributed by atoms with Crippen molar-refractivity contribution in [1.29, 1.82) is 0 Å². The van der Waals surface area contributed by atoms with Gasteiger partial charge in [0.05, 0.1) is 23.0 Å². The molecule has 1 heterocycles. The number of carbonyl (C=O) groups is 1. The molecular weight excluding hydrogens is 246 g/mol. The standard InChI is InChI=1S/C10H16ClN3OS/c1-7-10(11)8(2)14(13-7)5-3-9(15)12-4-6-16/h16H,3-6H2,1-2H3,(H,12,15). The maximum Gasteiger partial charge on any atom is 0.221 e. The molecule has 0 unspecified atom stereocenters. The Bertz CT molecular complexity index is 378. The highest BCUT2D eigenvalue weighted by Crippen LogP contribution is 2.18. The van der Waals surface area contributed by atoms with Crippen LogP contribution in [0.15, 0.2) is 0 Å². The van der Waals surface area contributed by atoms with Crippen molar-refractivity contribution < 1.29 is 4.79 Å². The van der Waals surface area contributed by atoms with E-state index in [9.17, 15) is 4.79 Å². The second-order valence-corrected chi connectivity index (χ2v) is 4.36. The number of hydrogen-bond donors (Lipinski definition) is 2. The topological polar surface area (TPSA) is 46.9 Å². The van der Waals surface area contributed by atoms with Gasteiger partial charge in [0.15, 0.2) is 0 Å². The van der Waals surface area contributed by atoms with E-state index < -0.39 is 0 Å². The van der Waals surface area contributed by atoms with E-state index in [4.69, 9.17) is 11.6 Å². The number of nitrogens with one attached hydrogen (secondary N) is 1. The predicted octanol–water partition coefficient (Wildman–Crippen LogP) is 1.59. The number of amides is 1. The lowest BCUT2D eigenvalue weighted by Crippen LogP contribution is -2.26. The monoisotopic (exact) mass is 261 g/mol. The molecule has 1 aromatic rings. The van der Waals surface area contributed by atoms with Gasteiger partial charge < -0.3 is 5.32 Å². The lowest BCUT2D eigenvalue weighted by Gasteiger charge is -2.05. The molecule has 0 aliphatic carbocycles. The quantitative estimate of drug-likeness (QED) is 0.791. The van der Waals surface area contributed by atoms with Crippen molar-refractivity contribution in [2.75, 3.05) is 12.3 Å². The minimum absolute atomic E-state index is 0.0118. The van der Waals surface area contributed by atoms with Crippen LogP contribution in [0.4, 0.5) is 0 Å². The number of halogens is 1. The van der Waals surface area contributed by atoms with E-state index in [-0.39, 0.29) is 5.91 Å². The largest absolute Gasteiger partial charge is 0.355 e. The van der Waals surface area contributed by atoms with E-state index in [1.54, 1.807) is 4.68 Å². The van der Waals surface area contributed by atoms with Crippen LogP contribution in [0.25, 0.3) is 0 Å². The smallest absolute Gasteiger partial charge is 0.221 e. The van der Waals surface area contributed by atoms with Crippen LogP contribution in [0.1, 0.15) is 17.8 Å². The fraction of sp³-hybridized carbons (Fsp3) is 0.600. The number of carbonyl (C=O) groups excluding carboxylic acids is 1. The zero-order valence-corrected chi connectivity index (χ0v) is 11.1. The molecule has 0 saturated heterocycles. The fourth-order valence-electron chi connectivity index (χ4n) is 1.38. The van der Waals surface area contributed by atoms with Gasteiger partial charge in [0.1, 0.15) is 0 Å². The Labute approximate surface area is 106 Å². The second-order valence-electron chi connectivity index (χ2n) is 3.53. The maximum atomic E-state index is 11.4. The molecule has 0 atom stereocenters. The van der Waals surface area contributed by atoms with E-state index in [2.05, 4.69) is 23.0 Å². The highest BCUT2D eigenvalue weighted by Gasteiger charge is 2.09. The minimum atomic E-state index is 0.0118. The van der Waals surface area contributed by atoms with Gasteiger partial charge >= 0.3 is 0 Å². The summed E-state index contributed by atoms with van der Waals surface area (Å²) >= 11 is 10.0. The molecule has 0 bridgehead atoms. The zero-order chi connectivity index (χ0) is 12.1. The normalized spacial score (nSPS) is 10.5. The van der Waals surface area contributed by atoms with Crippen molar-refractivity contribution in [3.8, 4) is 0 Å². The molecule has 0 aromatic carbocycles. The van der Waals surface area contributed by atoms with Crippen molar-refractivity contribution in [3.05, 3.63) is 16.4 Å². The average molecular weight is 262 g/mol. The first-order valence-corrected chi connectivity index (χ1v) is 6.14. The summed E-state index contributed by atoms with van der Waals surface area (Å²) in [7, 11) is 0. The van der Waals surface area contributed by atoms with Crippen LogP contribution in [0.2, 0.25) is 5.02 Å². The third kappa shape index (κ3) is 3.42. The fourth-order valence-corrected chi connectivity index (χ4v) is 1.63. The summed E-state index contributed by atoms with van der Waals surface area (Å²) in [6.07, 6.45) is 0.409. The van der Waals surface area contributed by atoms with Crippen molar-refractivity contribution in [2.24, 2.45) is 0 Å². The van der Waals surface area contributed by atoms with Crippen LogP contribution in [0.3, 0.4) is 0 Å². The molecule has 16 heavy (non-hydrogen) atoms. The Morgan fingerprint density at radius 1 is 1.56 bits per heavy atom. The van der Waals surface area contributed by atoms with Gasteiger partial charge in [-0.05, 0) is 13.8 Å². The summed E-state index contributed by atoms with van der Waals surface area (Å²) in [6, 6.07) is 0. The molecular formula is C10H16ClN3OS. The van der Waals surface area contributed by atoms with Crippen molar-refractivity contribution in [3.63, 3.8) is 0 Å². The summed E-state index contributed by atoms with van der Waals surface area (Å²) in [5.41, 5.74) is 1.70. The summed E-state index contributed by atoms with van der Waals surface area (Å²) in [6.45, 7) is 4.90. The molecule has 1 N–H and O–H groups in total. The molecule has 1 amide bonds. The third-order valence-electron chi connectivity index (χ3n) is 2.28. The Morgan fingerprint density at radius 2 is 2.25 bits per heavy atom. The number of rotatable bonds is 5. The van der Waals surface area contributed by atoms with Crippen LogP contribution < -0.4 is 5.32 Å². The highest BCUT2D eigenvalue weighted by atomic mass is 35.5. The van der Waals surface area contributed by atoms with Gasteiger partial charge in [0.25, 0.3) is 0 Å². The lowest BCUT2D eigenvalue weighted by molar-refractivity contribution is -0.121. The van der Waals surface area contributed by atoms with Crippen LogP contribution in [-0.2, 0) is 11.3 Å². The van der Waals surface area contributed by atoms with Crippen LogP contribution in [-0.4, -0.2) is 28.0 Å². The average Bonchev–Trinajstić information content (AvgIpc) is 2.51. The number of hydrogen-bond acceptors (Lipinski definition) is 3. The molecule has 1 rings (SSSR count). The van der Waals surface area contributed by atoms with E-state index in [1.165, 1.54) is 0 Å². The van der Waals surface area contributed by atoms with Gasteiger partial charge in [-0.3, -0.25) is 9.48 Å². The third-order valence-corrected chi connectivity index (χ3v) is 3.05. The maximum absolute atomic E-state index is 11.4. The van der Waals surface area contributed by atoms with Crippen molar-refractivity contribution in [2.45, 2.75) is 26.8 Å². The Kier molecular flexibility index (Phi) is 5.15. The molecule has 0 fully saturated rings. The molecule has 0 saturated carbocycles. The summed E-state index contributed by atoms with van der Waals surface area (Å²) in [5.74, 6) is 0.662. The number of aryl methyl sites for hydroxylation is 2. The molecule has 0 radical (unpaired) electrons. The Morgan fingerprint density at radius 3 is 2.75 bits per heavy atom. The summed E-state index contributed by atoms with van der Waals surface area (Å²) < 4.78 is 1.76. The van der Waals surface area contributed by atoms with Gasteiger partial charge in [-0.2, -0.15) is 17.7 Å². The Hall–Kier alpha value is -0.680. The number of aromatic nitrogens is 2. The summed E-state index contributed by atoms with van der Waals surface area (Å²) in [5, 5.41) is 7.68. The summed E-state index contributed by atoms with van der Waals surface area (Å²) in [4.78, 5) is 11.4. The molecule has 4 nitrogen and oxygen atoms in total. The van der Waals surface area contributed by atoms with E-state index in [0.29, 0.717) is 30.3 Å². The van der Waals surface area contributed by atoms with Gasteiger partial charge in [0.2, 0.25) is 5.91 Å². The van der Waals surface area contributed by atoms with Crippen LogP contribution in [0.5, 0.6) is 0 Å². The molecule has 6 heteroatoms.